The van der Waals surface area contributed by atoms with E-state index in [0.717, 1.165) is 36.4 Å². The maximum Gasteiger partial charge on any atom is 0.150 e. The maximum absolute atomic E-state index is 6.17. The van der Waals surface area contributed by atoms with E-state index in [1.807, 2.05) is 30.3 Å². The molecule has 0 bridgehead atoms. The van der Waals surface area contributed by atoms with E-state index < -0.39 is 0 Å². The quantitative estimate of drug-likeness (QED) is 0.466. The minimum absolute atomic E-state index is 0.815. The maximum atomic E-state index is 6.17. The van der Waals surface area contributed by atoms with E-state index >= 15 is 0 Å². The Morgan fingerprint density at radius 2 is 1.86 bits per heavy atom. The number of hydrogen-bond donors (Lipinski definition) is 0. The molecule has 0 unspecified atom stereocenters. The van der Waals surface area contributed by atoms with E-state index in [-0.39, 0.29) is 0 Å². The molecule has 0 aliphatic carbocycles. The predicted octanol–water partition coefficient (Wildman–Crippen LogP) is 6.52. The number of halogens is 2. The molecule has 21 heavy (non-hydrogen) atoms. The van der Waals surface area contributed by atoms with Gasteiger partial charge >= 0.3 is 0 Å². The van der Waals surface area contributed by atoms with Gasteiger partial charge in [0.25, 0.3) is 0 Å². The summed E-state index contributed by atoms with van der Waals surface area (Å²) < 4.78 is 2.14. The summed E-state index contributed by atoms with van der Waals surface area (Å²) in [7, 11) is 0. The Bertz CT molecular complexity index is 740. The molecular weight excluding hydrogens is 386 g/mol. The smallest absolute Gasteiger partial charge is 0.150 e. The zero-order valence-electron chi connectivity index (χ0n) is 10.9. The first kappa shape index (κ1) is 15.1. The summed E-state index contributed by atoms with van der Waals surface area (Å²) in [4.78, 5) is 4.68. The summed E-state index contributed by atoms with van der Waals surface area (Å²) >= 11 is 13.0. The lowest BCUT2D eigenvalue weighted by Gasteiger charge is -2.01. The van der Waals surface area contributed by atoms with Crippen LogP contribution in [-0.4, -0.2) is 4.98 Å². The van der Waals surface area contributed by atoms with Gasteiger partial charge < -0.3 is 0 Å². The van der Waals surface area contributed by atoms with Crippen molar-refractivity contribution in [1.82, 2.24) is 4.98 Å². The van der Waals surface area contributed by atoms with Crippen molar-refractivity contribution in [3.8, 4) is 11.3 Å². The van der Waals surface area contributed by atoms with Crippen molar-refractivity contribution in [2.24, 2.45) is 0 Å². The molecule has 0 radical (unpaired) electrons. The second kappa shape index (κ2) is 6.97. The third kappa shape index (κ3) is 3.89. The highest BCUT2D eigenvalue weighted by atomic mass is 79.9. The van der Waals surface area contributed by atoms with Gasteiger partial charge in [-0.1, -0.05) is 69.6 Å². The molecule has 2 aromatic carbocycles. The van der Waals surface area contributed by atoms with E-state index in [9.17, 15) is 0 Å². The first-order valence-electron chi connectivity index (χ1n) is 6.30. The second-order valence-electron chi connectivity index (χ2n) is 4.39. The number of thiazole rings is 1. The number of nitrogens with zero attached hydrogens (tertiary/aromatic N) is 1. The monoisotopic (exact) mass is 395 g/mol. The lowest BCUT2D eigenvalue weighted by Crippen LogP contribution is -1.82. The van der Waals surface area contributed by atoms with Crippen LogP contribution in [0.2, 0.25) is 5.02 Å². The highest BCUT2D eigenvalue weighted by molar-refractivity contribution is 9.10. The Morgan fingerprint density at radius 3 is 2.62 bits per heavy atom. The molecule has 0 saturated heterocycles. The summed E-state index contributed by atoms with van der Waals surface area (Å²) in [5.41, 5.74) is 3.30. The Morgan fingerprint density at radius 1 is 1.10 bits per heavy atom. The van der Waals surface area contributed by atoms with E-state index in [1.54, 1.807) is 23.1 Å². The van der Waals surface area contributed by atoms with Crippen LogP contribution in [0.4, 0.5) is 0 Å². The van der Waals surface area contributed by atoms with Crippen LogP contribution >= 0.6 is 50.6 Å². The van der Waals surface area contributed by atoms with Crippen LogP contribution in [0.5, 0.6) is 0 Å². The van der Waals surface area contributed by atoms with Crippen LogP contribution in [0.25, 0.3) is 11.3 Å². The van der Waals surface area contributed by atoms with Gasteiger partial charge in [0.05, 0.1) is 5.69 Å². The van der Waals surface area contributed by atoms with E-state index in [4.69, 9.17) is 11.6 Å². The Hall–Kier alpha value is -0.810. The fraction of sp³-hybridized carbons (Fsp3) is 0.0625. The standard InChI is InChI=1S/C16H11BrClNS2/c17-13-7-5-11(6-8-13)15-10-21-16(19-15)20-9-12-3-1-2-4-14(12)18/h1-8,10H,9H2. The van der Waals surface area contributed by atoms with Crippen LogP contribution in [-0.2, 0) is 5.75 Å². The zero-order chi connectivity index (χ0) is 14.7. The van der Waals surface area contributed by atoms with Crippen molar-refractivity contribution in [2.45, 2.75) is 10.1 Å². The minimum atomic E-state index is 0.815. The minimum Gasteiger partial charge on any atom is -0.230 e. The van der Waals surface area contributed by atoms with Crippen LogP contribution in [0.3, 0.4) is 0 Å². The molecule has 5 heteroatoms. The number of benzene rings is 2. The van der Waals surface area contributed by atoms with Gasteiger partial charge in [0.15, 0.2) is 4.34 Å². The fourth-order valence-electron chi connectivity index (χ4n) is 1.83. The molecule has 0 aliphatic rings. The van der Waals surface area contributed by atoms with Gasteiger partial charge in [-0.25, -0.2) is 4.98 Å². The zero-order valence-corrected chi connectivity index (χ0v) is 14.9. The van der Waals surface area contributed by atoms with Crippen molar-refractivity contribution < 1.29 is 0 Å². The van der Waals surface area contributed by atoms with Crippen molar-refractivity contribution >= 4 is 50.6 Å². The lowest BCUT2D eigenvalue weighted by molar-refractivity contribution is 1.24. The average Bonchev–Trinajstić information content (AvgIpc) is 2.96. The Balaban J connectivity index is 1.71. The predicted molar refractivity (Wildman–Crippen MR) is 96.3 cm³/mol. The number of hydrogen-bond acceptors (Lipinski definition) is 3. The van der Waals surface area contributed by atoms with E-state index in [1.165, 1.54) is 0 Å². The van der Waals surface area contributed by atoms with Gasteiger partial charge in [-0.15, -0.1) is 11.3 Å². The summed E-state index contributed by atoms with van der Waals surface area (Å²) in [6.45, 7) is 0. The molecule has 0 spiro atoms. The number of thioether (sulfide) groups is 1. The Kier molecular flexibility index (Phi) is 5.01. The molecule has 106 valence electrons. The second-order valence-corrected chi connectivity index (χ2v) is 7.79. The molecule has 1 nitrogen and oxygen atoms in total. The number of aromatic nitrogens is 1. The van der Waals surface area contributed by atoms with Gasteiger partial charge in [-0.05, 0) is 23.8 Å². The highest BCUT2D eigenvalue weighted by Crippen LogP contribution is 2.32. The van der Waals surface area contributed by atoms with Crippen LogP contribution in [0, 0.1) is 0 Å². The molecule has 0 aliphatic heterocycles. The molecular formula is C16H11BrClNS2. The molecule has 3 rings (SSSR count). The van der Waals surface area contributed by atoms with Crippen molar-refractivity contribution in [3.05, 3.63) is 69.0 Å². The van der Waals surface area contributed by atoms with E-state index in [0.29, 0.717) is 0 Å². The molecule has 3 aromatic rings. The molecule has 0 amide bonds. The average molecular weight is 397 g/mol. The largest absolute Gasteiger partial charge is 0.230 e. The molecule has 0 atom stereocenters. The van der Waals surface area contributed by atoms with Crippen LogP contribution < -0.4 is 0 Å². The van der Waals surface area contributed by atoms with E-state index in [2.05, 4.69) is 44.5 Å². The molecule has 1 aromatic heterocycles. The van der Waals surface area contributed by atoms with Crippen molar-refractivity contribution in [1.29, 1.82) is 0 Å². The highest BCUT2D eigenvalue weighted by Gasteiger charge is 2.06. The molecule has 1 heterocycles. The first-order valence-corrected chi connectivity index (χ1v) is 9.33. The number of rotatable bonds is 4. The topological polar surface area (TPSA) is 12.9 Å². The van der Waals surface area contributed by atoms with Crippen LogP contribution in [0.15, 0.2) is 62.7 Å². The van der Waals surface area contributed by atoms with Crippen molar-refractivity contribution in [2.75, 3.05) is 0 Å². The van der Waals surface area contributed by atoms with Crippen LogP contribution in [0.1, 0.15) is 5.56 Å². The third-order valence-electron chi connectivity index (χ3n) is 2.93. The molecule has 0 N–H and O–H groups in total. The molecule has 0 fully saturated rings. The van der Waals surface area contributed by atoms with Gasteiger partial charge in [0.2, 0.25) is 0 Å². The van der Waals surface area contributed by atoms with Gasteiger partial charge in [-0.2, -0.15) is 0 Å². The summed E-state index contributed by atoms with van der Waals surface area (Å²) in [6.07, 6.45) is 0. The van der Waals surface area contributed by atoms with Gasteiger partial charge in [-0.3, -0.25) is 0 Å². The fourth-order valence-corrected chi connectivity index (χ4v) is 4.22. The van der Waals surface area contributed by atoms with Gasteiger partial charge in [0, 0.05) is 26.2 Å². The Labute approximate surface area is 145 Å². The summed E-state index contributed by atoms with van der Waals surface area (Å²) in [5, 5.41) is 2.91. The molecule has 0 saturated carbocycles. The normalized spacial score (nSPS) is 10.8. The summed E-state index contributed by atoms with van der Waals surface area (Å²) in [5.74, 6) is 0.840. The lowest BCUT2D eigenvalue weighted by atomic mass is 10.2. The first-order chi connectivity index (χ1) is 10.2. The SMILES string of the molecule is Clc1ccccc1CSc1nc(-c2ccc(Br)cc2)cs1. The van der Waals surface area contributed by atoms with Gasteiger partial charge in [0.1, 0.15) is 0 Å². The summed E-state index contributed by atoms with van der Waals surface area (Å²) in [6, 6.07) is 16.1. The van der Waals surface area contributed by atoms with Crippen molar-refractivity contribution in [3.63, 3.8) is 0 Å². The third-order valence-corrected chi connectivity index (χ3v) is 5.90.